The van der Waals surface area contributed by atoms with Crippen LogP contribution in [0.1, 0.15) is 11.4 Å². The van der Waals surface area contributed by atoms with Gasteiger partial charge in [-0.3, -0.25) is 4.68 Å². The molecule has 5 aromatic heterocycles. The molecule has 0 aliphatic carbocycles. The van der Waals surface area contributed by atoms with Crippen LogP contribution in [0.4, 0.5) is 0 Å². The second kappa shape index (κ2) is 5.63. The van der Waals surface area contributed by atoms with Gasteiger partial charge in [0.05, 0.1) is 29.9 Å². The number of fused-ring (bicyclic) bond motifs is 1. The van der Waals surface area contributed by atoms with Gasteiger partial charge in [-0.05, 0) is 26.0 Å². The van der Waals surface area contributed by atoms with Crippen molar-refractivity contribution in [1.29, 1.82) is 0 Å². The highest BCUT2D eigenvalue weighted by Gasteiger charge is 2.21. The summed E-state index contributed by atoms with van der Waals surface area (Å²) in [7, 11) is 1.84. The standard InChI is InChI=1S/C18H15N7O2/c1-10-6-11(2)25-17(20-10)13(7-19-25)16-21-18(27-23-16)14-8-24(3)22-15(14)12-4-5-26-9-12/h4-9H,1-3H3. The van der Waals surface area contributed by atoms with Gasteiger partial charge in [-0.25, -0.2) is 9.50 Å². The number of furan rings is 1. The van der Waals surface area contributed by atoms with Crippen LogP contribution in [0.5, 0.6) is 0 Å². The van der Waals surface area contributed by atoms with Gasteiger partial charge < -0.3 is 8.94 Å². The maximum absolute atomic E-state index is 5.53. The summed E-state index contributed by atoms with van der Waals surface area (Å²) >= 11 is 0. The van der Waals surface area contributed by atoms with Crippen LogP contribution in [-0.4, -0.2) is 34.5 Å². The molecule has 0 aliphatic rings. The number of rotatable bonds is 3. The first-order valence-corrected chi connectivity index (χ1v) is 8.33. The van der Waals surface area contributed by atoms with Crippen molar-refractivity contribution >= 4 is 5.65 Å². The molecule has 9 nitrogen and oxygen atoms in total. The second-order valence-corrected chi connectivity index (χ2v) is 6.33. The average Bonchev–Trinajstić information content (AvgIpc) is 3.40. The molecule has 9 heteroatoms. The van der Waals surface area contributed by atoms with Crippen LogP contribution in [0, 0.1) is 13.8 Å². The molecule has 0 saturated heterocycles. The Kier molecular flexibility index (Phi) is 3.23. The Morgan fingerprint density at radius 3 is 2.81 bits per heavy atom. The topological polar surface area (TPSA) is 100 Å². The van der Waals surface area contributed by atoms with Gasteiger partial charge in [0.25, 0.3) is 5.89 Å². The molecule has 5 rings (SSSR count). The van der Waals surface area contributed by atoms with Gasteiger partial charge in [0.1, 0.15) is 5.69 Å². The molecule has 0 fully saturated rings. The van der Waals surface area contributed by atoms with Crippen LogP contribution in [-0.2, 0) is 7.05 Å². The number of hydrogen-bond acceptors (Lipinski definition) is 7. The van der Waals surface area contributed by atoms with Crippen molar-refractivity contribution in [2.75, 3.05) is 0 Å². The zero-order chi connectivity index (χ0) is 18.5. The molecule has 27 heavy (non-hydrogen) atoms. The molecule has 0 amide bonds. The van der Waals surface area contributed by atoms with Crippen LogP contribution in [0.3, 0.4) is 0 Å². The summed E-state index contributed by atoms with van der Waals surface area (Å²) in [4.78, 5) is 9.13. The predicted octanol–water partition coefficient (Wildman–Crippen LogP) is 3.06. The quantitative estimate of drug-likeness (QED) is 0.487. The van der Waals surface area contributed by atoms with Gasteiger partial charge in [-0.15, -0.1) is 0 Å². The molecule has 5 heterocycles. The molecule has 0 aliphatic heterocycles. The lowest BCUT2D eigenvalue weighted by Crippen LogP contribution is -1.97. The third kappa shape index (κ3) is 2.43. The lowest BCUT2D eigenvalue weighted by molar-refractivity contribution is 0.432. The molecule has 0 aromatic carbocycles. The van der Waals surface area contributed by atoms with E-state index in [1.807, 2.05) is 39.2 Å². The van der Waals surface area contributed by atoms with Crippen LogP contribution in [0.2, 0.25) is 0 Å². The van der Waals surface area contributed by atoms with Crippen molar-refractivity contribution in [3.63, 3.8) is 0 Å². The lowest BCUT2D eigenvalue weighted by atomic mass is 10.1. The van der Waals surface area contributed by atoms with E-state index in [4.69, 9.17) is 8.94 Å². The first-order valence-electron chi connectivity index (χ1n) is 8.33. The Labute approximate surface area is 153 Å². The second-order valence-electron chi connectivity index (χ2n) is 6.33. The summed E-state index contributed by atoms with van der Waals surface area (Å²) in [6.07, 6.45) is 6.76. The maximum atomic E-state index is 5.53. The molecule has 0 radical (unpaired) electrons. The minimum Gasteiger partial charge on any atom is -0.472 e. The normalized spacial score (nSPS) is 11.5. The number of aromatic nitrogens is 7. The van der Waals surface area contributed by atoms with E-state index in [2.05, 4.69) is 25.3 Å². The average molecular weight is 361 g/mol. The molecular formula is C18H15N7O2. The highest BCUT2D eigenvalue weighted by Crippen LogP contribution is 2.32. The minimum atomic E-state index is 0.373. The summed E-state index contributed by atoms with van der Waals surface area (Å²) < 4.78 is 14.2. The molecule has 0 atom stereocenters. The maximum Gasteiger partial charge on any atom is 0.262 e. The lowest BCUT2D eigenvalue weighted by Gasteiger charge is -2.00. The molecular weight excluding hydrogens is 346 g/mol. The van der Waals surface area contributed by atoms with Crippen molar-refractivity contribution in [2.45, 2.75) is 13.8 Å². The van der Waals surface area contributed by atoms with E-state index in [1.54, 1.807) is 27.9 Å². The van der Waals surface area contributed by atoms with Gasteiger partial charge in [-0.2, -0.15) is 15.2 Å². The first kappa shape index (κ1) is 15.5. The molecule has 134 valence electrons. The number of hydrogen-bond donors (Lipinski definition) is 0. The van der Waals surface area contributed by atoms with Crippen LogP contribution in [0.15, 0.2) is 46.0 Å². The SMILES string of the molecule is Cc1cc(C)n2ncc(-c3noc(-c4cn(C)nc4-c4ccoc4)n3)c2n1. The van der Waals surface area contributed by atoms with Gasteiger partial charge in [-0.1, -0.05) is 5.16 Å². The zero-order valence-corrected chi connectivity index (χ0v) is 14.9. The van der Waals surface area contributed by atoms with Gasteiger partial charge in [0, 0.05) is 30.2 Å². The van der Waals surface area contributed by atoms with Gasteiger partial charge >= 0.3 is 0 Å². The molecule has 0 saturated carbocycles. The Hall–Kier alpha value is -3.75. The zero-order valence-electron chi connectivity index (χ0n) is 14.9. The van der Waals surface area contributed by atoms with E-state index in [0.29, 0.717) is 28.6 Å². The Morgan fingerprint density at radius 1 is 1.11 bits per heavy atom. The molecule has 0 unspecified atom stereocenters. The van der Waals surface area contributed by atoms with E-state index in [1.165, 1.54) is 0 Å². The smallest absolute Gasteiger partial charge is 0.262 e. The Balaban J connectivity index is 1.63. The third-order valence-electron chi connectivity index (χ3n) is 4.30. The summed E-state index contributed by atoms with van der Waals surface area (Å²) in [6.45, 7) is 3.92. The van der Waals surface area contributed by atoms with Crippen LogP contribution in [0.25, 0.3) is 39.7 Å². The van der Waals surface area contributed by atoms with Gasteiger partial charge in [0.2, 0.25) is 5.82 Å². The van der Waals surface area contributed by atoms with Crippen LogP contribution >= 0.6 is 0 Å². The van der Waals surface area contributed by atoms with Crippen molar-refractivity contribution in [2.24, 2.45) is 7.05 Å². The fourth-order valence-corrected chi connectivity index (χ4v) is 3.13. The van der Waals surface area contributed by atoms with E-state index in [-0.39, 0.29) is 0 Å². The molecule has 0 bridgehead atoms. The molecule has 5 aromatic rings. The Morgan fingerprint density at radius 2 is 2.00 bits per heavy atom. The third-order valence-corrected chi connectivity index (χ3v) is 4.30. The van der Waals surface area contributed by atoms with E-state index in [0.717, 1.165) is 22.5 Å². The fourth-order valence-electron chi connectivity index (χ4n) is 3.13. The summed E-state index contributed by atoms with van der Waals surface area (Å²) in [5, 5.41) is 13.0. The highest BCUT2D eigenvalue weighted by atomic mass is 16.5. The fraction of sp³-hybridized carbons (Fsp3) is 0.167. The monoisotopic (exact) mass is 361 g/mol. The predicted molar refractivity (Wildman–Crippen MR) is 95.7 cm³/mol. The highest BCUT2D eigenvalue weighted by molar-refractivity contribution is 5.78. The van der Waals surface area contributed by atoms with E-state index < -0.39 is 0 Å². The van der Waals surface area contributed by atoms with Crippen molar-refractivity contribution in [3.05, 3.63) is 48.4 Å². The van der Waals surface area contributed by atoms with Gasteiger partial charge in [0.15, 0.2) is 5.65 Å². The van der Waals surface area contributed by atoms with E-state index in [9.17, 15) is 0 Å². The summed E-state index contributed by atoms with van der Waals surface area (Å²) in [5.74, 6) is 0.803. The molecule has 0 N–H and O–H groups in total. The largest absolute Gasteiger partial charge is 0.472 e. The minimum absolute atomic E-state index is 0.373. The molecule has 0 spiro atoms. The van der Waals surface area contributed by atoms with Crippen molar-refractivity contribution in [3.8, 4) is 34.1 Å². The van der Waals surface area contributed by atoms with Crippen molar-refractivity contribution in [1.82, 2.24) is 34.5 Å². The van der Waals surface area contributed by atoms with E-state index >= 15 is 0 Å². The number of aryl methyl sites for hydroxylation is 3. The van der Waals surface area contributed by atoms with Crippen molar-refractivity contribution < 1.29 is 8.94 Å². The number of nitrogens with zero attached hydrogens (tertiary/aromatic N) is 7. The van der Waals surface area contributed by atoms with Crippen LogP contribution < -0.4 is 0 Å². The Bertz CT molecular complexity index is 1260. The summed E-state index contributed by atoms with van der Waals surface area (Å²) in [6, 6.07) is 3.81. The first-order chi connectivity index (χ1) is 13.1. The summed E-state index contributed by atoms with van der Waals surface area (Å²) in [5.41, 5.74) is 5.59.